The van der Waals surface area contributed by atoms with Gasteiger partial charge in [-0.25, -0.2) is 0 Å². The van der Waals surface area contributed by atoms with Gasteiger partial charge in [-0.1, -0.05) is 12.1 Å². The molecule has 14 atom stereocenters. The lowest BCUT2D eigenvalue weighted by Gasteiger charge is -2.39. The molecule has 2 aromatic rings. The van der Waals surface area contributed by atoms with Crippen LogP contribution < -0.4 is 18.9 Å². The topological polar surface area (TPSA) is 236 Å². The van der Waals surface area contributed by atoms with Gasteiger partial charge >= 0.3 is 0 Å². The zero-order chi connectivity index (χ0) is 34.3. The number of aliphatic hydroxyl groups is 8. The lowest BCUT2D eigenvalue weighted by atomic mass is 9.85. The fourth-order valence-electron chi connectivity index (χ4n) is 6.73. The molecule has 2 aromatic carbocycles. The van der Waals surface area contributed by atoms with Crippen molar-refractivity contribution in [3.63, 3.8) is 0 Å². The van der Waals surface area contributed by atoms with Crippen LogP contribution in [0.2, 0.25) is 0 Å². The van der Waals surface area contributed by atoms with Gasteiger partial charge in [-0.2, -0.15) is 0 Å². The Bertz CT molecular complexity index is 1290. The van der Waals surface area contributed by atoms with Crippen molar-refractivity contribution in [2.45, 2.75) is 73.6 Å². The molecule has 0 bridgehead atoms. The molecular weight excluding hydrogens is 640 g/mol. The number of hydrogen-bond donors (Lipinski definition) is 8. The zero-order valence-electron chi connectivity index (χ0n) is 26.2. The van der Waals surface area contributed by atoms with Crippen LogP contribution in [0.4, 0.5) is 0 Å². The van der Waals surface area contributed by atoms with Crippen LogP contribution >= 0.6 is 0 Å². The number of fused-ring (bicyclic) bond motifs is 1. The predicted molar refractivity (Wildman–Crippen MR) is 159 cm³/mol. The molecule has 0 aromatic heterocycles. The summed E-state index contributed by atoms with van der Waals surface area (Å²) >= 11 is 0. The van der Waals surface area contributed by atoms with Gasteiger partial charge in [0.2, 0.25) is 12.6 Å². The second-order valence-corrected chi connectivity index (χ2v) is 12.3. The number of benzene rings is 2. The van der Waals surface area contributed by atoms with Crippen LogP contribution in [0.15, 0.2) is 36.4 Å². The molecule has 6 rings (SSSR count). The van der Waals surface area contributed by atoms with Crippen molar-refractivity contribution in [2.75, 3.05) is 40.6 Å². The van der Waals surface area contributed by atoms with Crippen LogP contribution in [0.5, 0.6) is 23.0 Å². The van der Waals surface area contributed by atoms with Crippen LogP contribution in [-0.2, 0) is 18.9 Å². The smallest absolute Gasteiger partial charge is 0.229 e. The van der Waals surface area contributed by atoms with E-state index >= 15 is 0 Å². The maximum Gasteiger partial charge on any atom is 0.229 e. The Morgan fingerprint density at radius 1 is 0.562 bits per heavy atom. The van der Waals surface area contributed by atoms with E-state index in [1.165, 1.54) is 14.2 Å². The average Bonchev–Trinajstić information content (AvgIpc) is 3.72. The number of aliphatic hydroxyl groups excluding tert-OH is 8. The fraction of sp³-hybridized carbons (Fsp3) is 0.625. The van der Waals surface area contributed by atoms with Gasteiger partial charge in [0.1, 0.15) is 48.8 Å². The Balaban J connectivity index is 1.14. The second kappa shape index (κ2) is 14.6. The van der Waals surface area contributed by atoms with Gasteiger partial charge in [0, 0.05) is 11.8 Å². The van der Waals surface area contributed by atoms with Crippen LogP contribution in [0.3, 0.4) is 0 Å². The number of hydrogen-bond acceptors (Lipinski definition) is 16. The van der Waals surface area contributed by atoms with Crippen molar-refractivity contribution >= 4 is 0 Å². The van der Waals surface area contributed by atoms with Crippen molar-refractivity contribution in [1.82, 2.24) is 0 Å². The SMILES string of the molecule is COc1cc([C@H]2OC[C@H]3[C@H]2CO[C@H]3c2ccc(O[C@@H]3O[C@H](CO)[C@@H](O)[C@H](O)[C@H]3O)c(OC)c2)ccc1O[C@@H]1O[C@H](CO)[C@@H](O)[C@H](O)[C@H]1O. The summed E-state index contributed by atoms with van der Waals surface area (Å²) in [5, 5.41) is 80.1. The maximum absolute atomic E-state index is 10.4. The highest BCUT2D eigenvalue weighted by Crippen LogP contribution is 2.52. The first-order valence-electron chi connectivity index (χ1n) is 15.6. The summed E-state index contributed by atoms with van der Waals surface area (Å²) in [4.78, 5) is 0. The summed E-state index contributed by atoms with van der Waals surface area (Å²) < 4.78 is 46.1. The normalized spacial score (nSPS) is 39.5. The molecule has 266 valence electrons. The van der Waals surface area contributed by atoms with Crippen molar-refractivity contribution in [1.29, 1.82) is 0 Å². The summed E-state index contributed by atoms with van der Waals surface area (Å²) in [5.74, 6) is 0.997. The summed E-state index contributed by atoms with van der Waals surface area (Å²) in [6.07, 6.45) is -15.0. The average molecular weight is 683 g/mol. The molecule has 0 radical (unpaired) electrons. The molecule has 4 aliphatic heterocycles. The number of methoxy groups -OCH3 is 2. The fourth-order valence-corrected chi connectivity index (χ4v) is 6.73. The van der Waals surface area contributed by atoms with E-state index in [2.05, 4.69) is 0 Å². The Kier molecular flexibility index (Phi) is 10.6. The summed E-state index contributed by atoms with van der Waals surface area (Å²) in [7, 11) is 2.90. The highest BCUT2D eigenvalue weighted by Gasteiger charge is 2.49. The van der Waals surface area contributed by atoms with Crippen molar-refractivity contribution in [3.05, 3.63) is 47.5 Å². The Morgan fingerprint density at radius 2 is 0.958 bits per heavy atom. The minimum atomic E-state index is -1.59. The van der Waals surface area contributed by atoms with E-state index < -0.39 is 74.6 Å². The van der Waals surface area contributed by atoms with Crippen molar-refractivity contribution in [2.24, 2.45) is 11.8 Å². The Morgan fingerprint density at radius 3 is 1.31 bits per heavy atom. The second-order valence-electron chi connectivity index (χ2n) is 12.3. The molecular formula is C32H42O16. The Labute approximate surface area is 275 Å². The molecule has 0 saturated carbocycles. The van der Waals surface area contributed by atoms with Gasteiger partial charge in [0.05, 0.1) is 52.9 Å². The first kappa shape index (κ1) is 35.0. The highest BCUT2D eigenvalue weighted by molar-refractivity contribution is 5.46. The molecule has 48 heavy (non-hydrogen) atoms. The van der Waals surface area contributed by atoms with E-state index in [1.807, 2.05) is 0 Å². The first-order valence-corrected chi connectivity index (χ1v) is 15.6. The largest absolute Gasteiger partial charge is 0.493 e. The third kappa shape index (κ3) is 6.44. The third-order valence-corrected chi connectivity index (χ3v) is 9.48. The van der Waals surface area contributed by atoms with Gasteiger partial charge in [-0.05, 0) is 35.4 Å². The van der Waals surface area contributed by atoms with E-state index in [-0.39, 0.29) is 35.5 Å². The van der Waals surface area contributed by atoms with Crippen LogP contribution in [0.25, 0.3) is 0 Å². The minimum Gasteiger partial charge on any atom is -0.493 e. The van der Waals surface area contributed by atoms with Gasteiger partial charge in [-0.3, -0.25) is 0 Å². The van der Waals surface area contributed by atoms with Crippen molar-refractivity contribution in [3.8, 4) is 23.0 Å². The van der Waals surface area contributed by atoms with E-state index in [4.69, 9.17) is 37.9 Å². The summed E-state index contributed by atoms with van der Waals surface area (Å²) in [5.41, 5.74) is 1.59. The molecule has 8 N–H and O–H groups in total. The highest BCUT2D eigenvalue weighted by atomic mass is 16.7. The molecule has 0 aliphatic carbocycles. The maximum atomic E-state index is 10.4. The van der Waals surface area contributed by atoms with E-state index in [1.54, 1.807) is 36.4 Å². The molecule has 0 amide bonds. The van der Waals surface area contributed by atoms with Gasteiger partial charge < -0.3 is 78.7 Å². The molecule has 4 saturated heterocycles. The number of rotatable bonds is 10. The molecule has 16 nitrogen and oxygen atoms in total. The summed E-state index contributed by atoms with van der Waals surface area (Å²) in [6.45, 7) is -0.371. The Hall–Kier alpha value is -2.84. The van der Waals surface area contributed by atoms with Crippen LogP contribution in [-0.4, -0.2) is 143 Å². The standard InChI is InChI=1S/C32H42O16/c1-41-19-7-13(3-5-17(19)45-31-27(39)25(37)23(35)21(9-33)47-31)29-15-11-44-30(16(15)12-43-29)14-4-6-18(20(8-14)42-2)46-32-28(40)26(38)24(36)22(10-34)48-32/h3-8,15-16,21-40H,9-12H2,1-2H3/t15-,16+,21-,22-,23-,24-,25+,26+,27-,28-,29-,30+,31-,32-/m1/s1. The number of ether oxygens (including phenoxy) is 8. The minimum absolute atomic E-state index is 0.0204. The third-order valence-electron chi connectivity index (χ3n) is 9.48. The van der Waals surface area contributed by atoms with E-state index in [0.717, 1.165) is 11.1 Å². The molecule has 4 fully saturated rings. The van der Waals surface area contributed by atoms with Gasteiger partial charge in [-0.15, -0.1) is 0 Å². The summed E-state index contributed by atoms with van der Waals surface area (Å²) in [6, 6.07) is 10.3. The quantitative estimate of drug-likeness (QED) is 0.137. The van der Waals surface area contributed by atoms with Gasteiger partial charge in [0.15, 0.2) is 23.0 Å². The zero-order valence-corrected chi connectivity index (χ0v) is 26.2. The van der Waals surface area contributed by atoms with E-state index in [0.29, 0.717) is 24.7 Å². The van der Waals surface area contributed by atoms with Crippen LogP contribution in [0, 0.1) is 11.8 Å². The predicted octanol–water partition coefficient (Wildman–Crippen LogP) is -1.86. The van der Waals surface area contributed by atoms with Gasteiger partial charge in [0.25, 0.3) is 0 Å². The van der Waals surface area contributed by atoms with E-state index in [9.17, 15) is 40.9 Å². The lowest BCUT2D eigenvalue weighted by Crippen LogP contribution is -2.60. The van der Waals surface area contributed by atoms with Crippen LogP contribution in [0.1, 0.15) is 23.3 Å². The first-order chi connectivity index (χ1) is 23.1. The van der Waals surface area contributed by atoms with Crippen molar-refractivity contribution < 1.29 is 78.7 Å². The molecule has 0 unspecified atom stereocenters. The monoisotopic (exact) mass is 682 g/mol. The lowest BCUT2D eigenvalue weighted by molar-refractivity contribution is -0.277. The molecule has 0 spiro atoms. The molecule has 16 heteroatoms. The molecule has 4 aliphatic rings. The molecule has 4 heterocycles.